The largest absolute Gasteiger partial charge is 0.380 e. The van der Waals surface area contributed by atoms with E-state index >= 15 is 0 Å². The number of H-pyrrole nitrogens is 1. The lowest BCUT2D eigenvalue weighted by atomic mass is 10.2. The number of aromatic amines is 1. The van der Waals surface area contributed by atoms with Gasteiger partial charge < -0.3 is 10.1 Å². The quantitative estimate of drug-likeness (QED) is 0.691. The number of carbonyl (C=O) groups excluding carboxylic acids is 1. The number of aromatic nitrogens is 3. The van der Waals surface area contributed by atoms with E-state index in [2.05, 4.69) is 20.3 Å². The number of pyridine rings is 1. The van der Waals surface area contributed by atoms with Crippen molar-refractivity contribution in [3.8, 4) is 11.3 Å². The van der Waals surface area contributed by atoms with Crippen LogP contribution in [0.4, 0.5) is 5.13 Å². The first kappa shape index (κ1) is 12.5. The Bertz CT molecular complexity index is 834. The van der Waals surface area contributed by atoms with Crippen molar-refractivity contribution in [2.75, 3.05) is 5.32 Å². The summed E-state index contributed by atoms with van der Waals surface area (Å²) in [6, 6.07) is 3.84. The lowest BCUT2D eigenvalue weighted by Crippen LogP contribution is -2.29. The number of hydrogen-bond donors (Lipinski definition) is 3. The van der Waals surface area contributed by atoms with Gasteiger partial charge in [-0.2, -0.15) is 0 Å². The molecule has 7 heteroatoms. The molecule has 0 saturated heterocycles. The fraction of sp³-hybridized carbons (Fsp3) is 0.214. The average molecular weight is 300 g/mol. The predicted molar refractivity (Wildman–Crippen MR) is 80.0 cm³/mol. The smallest absolute Gasteiger partial charge is 0.258 e. The minimum Gasteiger partial charge on any atom is -0.380 e. The lowest BCUT2D eigenvalue weighted by molar-refractivity contribution is -0.125. The van der Waals surface area contributed by atoms with Gasteiger partial charge in [-0.15, -0.1) is 11.3 Å². The summed E-state index contributed by atoms with van der Waals surface area (Å²) < 4.78 is 0. The molecule has 0 aromatic carbocycles. The first-order valence-corrected chi connectivity index (χ1v) is 7.45. The molecule has 3 aromatic heterocycles. The minimum absolute atomic E-state index is 0.371. The van der Waals surface area contributed by atoms with E-state index in [0.29, 0.717) is 18.0 Å². The molecule has 0 spiro atoms. The molecule has 3 heterocycles. The molecule has 3 N–H and O–H groups in total. The number of rotatable bonds is 3. The Morgan fingerprint density at radius 2 is 2.33 bits per heavy atom. The summed E-state index contributed by atoms with van der Waals surface area (Å²) in [7, 11) is 0. The van der Waals surface area contributed by atoms with Crippen molar-refractivity contribution in [3.05, 3.63) is 29.9 Å². The van der Waals surface area contributed by atoms with Gasteiger partial charge in [0.05, 0.1) is 5.69 Å². The van der Waals surface area contributed by atoms with Gasteiger partial charge in [0, 0.05) is 28.7 Å². The van der Waals surface area contributed by atoms with Crippen LogP contribution < -0.4 is 5.32 Å². The van der Waals surface area contributed by atoms with E-state index < -0.39 is 5.60 Å². The summed E-state index contributed by atoms with van der Waals surface area (Å²) in [6.07, 6.45) is 4.62. The number of carbonyl (C=O) groups is 1. The van der Waals surface area contributed by atoms with Gasteiger partial charge in [0.1, 0.15) is 11.2 Å². The molecule has 0 atom stereocenters. The van der Waals surface area contributed by atoms with Crippen molar-refractivity contribution in [1.82, 2.24) is 15.0 Å². The molecule has 4 rings (SSSR count). The molecule has 0 aliphatic heterocycles. The molecule has 0 radical (unpaired) electrons. The maximum Gasteiger partial charge on any atom is 0.258 e. The summed E-state index contributed by atoms with van der Waals surface area (Å²) in [5.41, 5.74) is 1.34. The summed E-state index contributed by atoms with van der Waals surface area (Å²) in [5.74, 6) is -0.371. The number of anilines is 1. The van der Waals surface area contributed by atoms with Crippen molar-refractivity contribution in [2.45, 2.75) is 18.4 Å². The molecule has 0 unspecified atom stereocenters. The summed E-state index contributed by atoms with van der Waals surface area (Å²) in [4.78, 5) is 23.5. The highest BCUT2D eigenvalue weighted by Gasteiger charge is 2.48. The number of nitrogens with one attached hydrogen (secondary N) is 2. The Hall–Kier alpha value is -2.25. The van der Waals surface area contributed by atoms with Crippen molar-refractivity contribution < 1.29 is 9.90 Å². The summed E-state index contributed by atoms with van der Waals surface area (Å²) in [6.45, 7) is 0. The van der Waals surface area contributed by atoms with E-state index in [1.807, 2.05) is 23.7 Å². The molecule has 6 nitrogen and oxygen atoms in total. The maximum absolute atomic E-state index is 11.8. The zero-order chi connectivity index (χ0) is 14.4. The second-order valence-electron chi connectivity index (χ2n) is 5.13. The zero-order valence-corrected chi connectivity index (χ0v) is 11.8. The van der Waals surface area contributed by atoms with Crippen LogP contribution in [0, 0.1) is 0 Å². The number of amides is 1. The van der Waals surface area contributed by atoms with Crippen molar-refractivity contribution in [3.63, 3.8) is 0 Å². The van der Waals surface area contributed by atoms with Crippen molar-refractivity contribution in [2.24, 2.45) is 0 Å². The second-order valence-corrected chi connectivity index (χ2v) is 5.98. The Balaban J connectivity index is 1.63. The minimum atomic E-state index is -1.18. The summed E-state index contributed by atoms with van der Waals surface area (Å²) in [5, 5.41) is 15.8. The fourth-order valence-electron chi connectivity index (χ4n) is 2.18. The van der Waals surface area contributed by atoms with Gasteiger partial charge in [-0.05, 0) is 25.0 Å². The number of hydrogen-bond acceptors (Lipinski definition) is 5. The van der Waals surface area contributed by atoms with Crippen LogP contribution in [-0.4, -0.2) is 31.6 Å². The fourth-order valence-corrected chi connectivity index (χ4v) is 2.89. The first-order chi connectivity index (χ1) is 10.2. The topological polar surface area (TPSA) is 90.9 Å². The normalized spacial score (nSPS) is 16.0. The van der Waals surface area contributed by atoms with Gasteiger partial charge >= 0.3 is 0 Å². The zero-order valence-electron chi connectivity index (χ0n) is 11.0. The van der Waals surface area contributed by atoms with Gasteiger partial charge in [0.25, 0.3) is 5.91 Å². The van der Waals surface area contributed by atoms with Crippen LogP contribution in [0.1, 0.15) is 12.8 Å². The van der Waals surface area contributed by atoms with Crippen molar-refractivity contribution >= 4 is 33.4 Å². The Labute approximate surface area is 123 Å². The SMILES string of the molecule is O=C(Nc1nc(-c2c[nH]c3ncccc23)cs1)C1(O)CC1. The highest BCUT2D eigenvalue weighted by Crippen LogP contribution is 2.37. The molecule has 106 valence electrons. The lowest BCUT2D eigenvalue weighted by Gasteiger charge is -2.05. The summed E-state index contributed by atoms with van der Waals surface area (Å²) >= 11 is 1.34. The third-order valence-electron chi connectivity index (χ3n) is 3.60. The van der Waals surface area contributed by atoms with Gasteiger partial charge in [-0.25, -0.2) is 9.97 Å². The standard InChI is InChI=1S/C14H12N4O2S/c19-12(14(20)3-4-14)18-13-17-10(7-21-13)9-6-16-11-8(9)2-1-5-15-11/h1-2,5-7,20H,3-4H2,(H,15,16)(H,17,18,19). The Morgan fingerprint density at radius 1 is 1.48 bits per heavy atom. The molecule has 3 aromatic rings. The number of fused-ring (bicyclic) bond motifs is 1. The van der Waals surface area contributed by atoms with Gasteiger partial charge in [-0.1, -0.05) is 0 Å². The van der Waals surface area contributed by atoms with Crippen LogP contribution in [0.25, 0.3) is 22.3 Å². The van der Waals surface area contributed by atoms with Crippen molar-refractivity contribution in [1.29, 1.82) is 0 Å². The van der Waals surface area contributed by atoms with E-state index in [1.54, 1.807) is 6.20 Å². The van der Waals surface area contributed by atoms with E-state index in [0.717, 1.165) is 22.3 Å². The monoisotopic (exact) mass is 300 g/mol. The average Bonchev–Trinajstić information content (AvgIpc) is 2.91. The molecule has 1 aliphatic carbocycles. The van der Waals surface area contributed by atoms with Gasteiger partial charge in [0.15, 0.2) is 5.13 Å². The highest BCUT2D eigenvalue weighted by atomic mass is 32.1. The highest BCUT2D eigenvalue weighted by molar-refractivity contribution is 7.14. The van der Waals surface area contributed by atoms with Crippen LogP contribution in [0.5, 0.6) is 0 Å². The van der Waals surface area contributed by atoms with Gasteiger partial charge in [0.2, 0.25) is 0 Å². The molecular weight excluding hydrogens is 288 g/mol. The number of nitrogens with zero attached hydrogens (tertiary/aromatic N) is 2. The van der Waals surface area contributed by atoms with E-state index in [-0.39, 0.29) is 5.91 Å². The molecule has 1 saturated carbocycles. The molecule has 0 bridgehead atoms. The third kappa shape index (κ3) is 2.10. The molecule has 1 fully saturated rings. The van der Waals surface area contributed by atoms with E-state index in [4.69, 9.17) is 0 Å². The molecule has 21 heavy (non-hydrogen) atoms. The van der Waals surface area contributed by atoms with Crippen LogP contribution in [0.15, 0.2) is 29.9 Å². The van der Waals surface area contributed by atoms with Crippen LogP contribution in [0.3, 0.4) is 0 Å². The first-order valence-electron chi connectivity index (χ1n) is 6.58. The van der Waals surface area contributed by atoms with Crippen LogP contribution in [-0.2, 0) is 4.79 Å². The van der Waals surface area contributed by atoms with E-state index in [1.165, 1.54) is 11.3 Å². The number of aliphatic hydroxyl groups is 1. The second kappa shape index (κ2) is 4.37. The predicted octanol–water partition coefficient (Wildman–Crippen LogP) is 2.15. The van der Waals surface area contributed by atoms with E-state index in [9.17, 15) is 9.90 Å². The Morgan fingerprint density at radius 3 is 3.14 bits per heavy atom. The van der Waals surface area contributed by atoms with Crippen LogP contribution >= 0.6 is 11.3 Å². The Kier molecular flexibility index (Phi) is 2.60. The van der Waals surface area contributed by atoms with Gasteiger partial charge in [-0.3, -0.25) is 10.1 Å². The third-order valence-corrected chi connectivity index (χ3v) is 4.36. The molecular formula is C14H12N4O2S. The van der Waals surface area contributed by atoms with Crippen LogP contribution in [0.2, 0.25) is 0 Å². The molecule has 1 aliphatic rings. The maximum atomic E-state index is 11.8. The molecule has 1 amide bonds. The number of thiazole rings is 1.